The summed E-state index contributed by atoms with van der Waals surface area (Å²) >= 11 is 0. The highest BCUT2D eigenvalue weighted by Gasteiger charge is 2.49. The average molecular weight is 365 g/mol. The first-order valence-electron chi connectivity index (χ1n) is 6.29. The summed E-state index contributed by atoms with van der Waals surface area (Å²) in [5.41, 5.74) is 6.01. The number of rotatable bonds is 4. The number of phosphoric acid groups is 1. The molecule has 0 saturated carbocycles. The number of H-pyrrole nitrogens is 1. The van der Waals surface area contributed by atoms with Gasteiger partial charge < -0.3 is 30.6 Å². The molecule has 1 fully saturated rings. The molecule has 1 saturated heterocycles. The van der Waals surface area contributed by atoms with Crippen molar-refractivity contribution in [3.05, 3.63) is 10.4 Å². The van der Waals surface area contributed by atoms with Gasteiger partial charge in [-0.25, -0.2) is 4.57 Å². The van der Waals surface area contributed by atoms with Crippen molar-refractivity contribution in [3.8, 4) is 0 Å². The Morgan fingerprint density at radius 1 is 1.46 bits per heavy atom. The second kappa shape index (κ2) is 5.83. The van der Waals surface area contributed by atoms with E-state index >= 15 is 0 Å². The Bertz CT molecular complexity index is 862. The van der Waals surface area contributed by atoms with Gasteiger partial charge in [0.05, 0.1) is 0 Å². The lowest BCUT2D eigenvalue weighted by molar-refractivity contribution is -0.0979. The van der Waals surface area contributed by atoms with Crippen LogP contribution >= 0.6 is 7.82 Å². The van der Waals surface area contributed by atoms with Crippen molar-refractivity contribution in [2.75, 3.05) is 5.73 Å². The lowest BCUT2D eigenvalue weighted by Gasteiger charge is -2.19. The average Bonchev–Trinajstić information content (AvgIpc) is 3.00. The molecular formula is C8H12N7O8P. The predicted octanol–water partition coefficient (Wildman–Crippen LogP) is -3.23. The predicted molar refractivity (Wildman–Crippen MR) is 72.1 cm³/mol. The molecule has 132 valence electrons. The van der Waals surface area contributed by atoms with Crippen molar-refractivity contribution in [3.63, 3.8) is 0 Å². The molecule has 0 amide bonds. The zero-order valence-corrected chi connectivity index (χ0v) is 12.4. The van der Waals surface area contributed by atoms with Crippen LogP contribution in [0.3, 0.4) is 0 Å². The number of hydrogen-bond acceptors (Lipinski definition) is 11. The fraction of sp³-hybridized carbons (Fsp3) is 0.500. The lowest BCUT2D eigenvalue weighted by atomic mass is 10.2. The second-order valence-corrected chi connectivity index (χ2v) is 5.98. The van der Waals surface area contributed by atoms with Gasteiger partial charge in [-0.15, -0.1) is 5.10 Å². The van der Waals surface area contributed by atoms with E-state index in [1.807, 2.05) is 0 Å². The maximum Gasteiger partial charge on any atom is 0.470 e. The Morgan fingerprint density at radius 3 is 2.79 bits per heavy atom. The number of ether oxygens (including phenoxy) is 1. The molecule has 0 unspecified atom stereocenters. The van der Waals surface area contributed by atoms with Crippen molar-refractivity contribution < 1.29 is 33.9 Å². The third-order valence-electron chi connectivity index (χ3n) is 3.19. The fourth-order valence-electron chi connectivity index (χ4n) is 2.26. The molecule has 3 rings (SSSR count). The number of aliphatic hydroxyl groups excluding tert-OH is 1. The molecule has 0 aromatic carbocycles. The van der Waals surface area contributed by atoms with Crippen LogP contribution in [0.1, 0.15) is 6.23 Å². The molecule has 1 aliphatic rings. The molecule has 2 aromatic heterocycles. The fourth-order valence-corrected chi connectivity index (χ4v) is 2.81. The van der Waals surface area contributed by atoms with Crippen molar-refractivity contribution in [1.82, 2.24) is 30.4 Å². The topological polar surface area (TPSA) is 231 Å². The maximum absolute atomic E-state index is 11.7. The molecule has 0 aliphatic carbocycles. The monoisotopic (exact) mass is 365 g/mol. The Labute approximate surface area is 131 Å². The molecule has 8 N–H and O–H groups in total. The van der Waals surface area contributed by atoms with Crippen LogP contribution in [-0.4, -0.2) is 63.5 Å². The van der Waals surface area contributed by atoms with Crippen LogP contribution in [0.4, 0.5) is 5.95 Å². The van der Waals surface area contributed by atoms with Crippen LogP contribution in [0.5, 0.6) is 0 Å². The van der Waals surface area contributed by atoms with Gasteiger partial charge in [0.15, 0.2) is 23.6 Å². The number of nitrogens with two attached hydrogens (primary N) is 1. The first-order valence-corrected chi connectivity index (χ1v) is 7.82. The number of nitrogens with one attached hydrogen (secondary N) is 2. The summed E-state index contributed by atoms with van der Waals surface area (Å²) in [5, 5.41) is 26.4. The highest BCUT2D eigenvalue weighted by atomic mass is 31.2. The quantitative estimate of drug-likeness (QED) is 0.209. The van der Waals surface area contributed by atoms with E-state index in [0.717, 1.165) is 4.68 Å². The number of fused-ring (bicyclic) bond motifs is 1. The van der Waals surface area contributed by atoms with E-state index in [0.29, 0.717) is 0 Å². The van der Waals surface area contributed by atoms with Gasteiger partial charge in [-0.3, -0.25) is 14.3 Å². The zero-order chi connectivity index (χ0) is 17.6. The molecule has 24 heavy (non-hydrogen) atoms. The van der Waals surface area contributed by atoms with Crippen LogP contribution in [0, 0.1) is 0 Å². The Kier molecular flexibility index (Phi) is 4.10. The summed E-state index contributed by atoms with van der Waals surface area (Å²) in [5.74, 6) is -0.247. The van der Waals surface area contributed by atoms with E-state index in [1.54, 1.807) is 5.48 Å². The maximum atomic E-state index is 11.7. The summed E-state index contributed by atoms with van der Waals surface area (Å²) in [6.07, 6.45) is -6.28. The summed E-state index contributed by atoms with van der Waals surface area (Å²) < 4.78 is 21.4. The molecule has 1 aliphatic heterocycles. The SMILES string of the molecule is Nc1nc2c(nnn2[C@@H]2O[C@H](NO)[C@@H](OP(=O)(O)O)[C@H]2O)c(=O)[nH]1. The van der Waals surface area contributed by atoms with E-state index < -0.39 is 38.0 Å². The number of hydrogen-bond donors (Lipinski definition) is 7. The number of nitrogens with zero attached hydrogens (tertiary/aromatic N) is 4. The smallest absolute Gasteiger partial charge is 0.385 e. The minimum atomic E-state index is -5.00. The van der Waals surface area contributed by atoms with Gasteiger partial charge in [0.25, 0.3) is 5.56 Å². The number of phosphoric ester groups is 1. The first-order chi connectivity index (χ1) is 11.2. The van der Waals surface area contributed by atoms with Gasteiger partial charge in [0.2, 0.25) is 5.95 Å². The molecule has 4 atom stereocenters. The van der Waals surface area contributed by atoms with Gasteiger partial charge >= 0.3 is 7.82 Å². The summed E-state index contributed by atoms with van der Waals surface area (Å²) in [4.78, 5) is 35.5. The van der Waals surface area contributed by atoms with Crippen molar-refractivity contribution in [2.45, 2.75) is 24.7 Å². The van der Waals surface area contributed by atoms with Gasteiger partial charge in [-0.05, 0) is 0 Å². The van der Waals surface area contributed by atoms with Gasteiger partial charge in [-0.1, -0.05) is 5.21 Å². The highest BCUT2D eigenvalue weighted by Crippen LogP contribution is 2.43. The Hall–Kier alpha value is -1.97. The molecule has 0 bridgehead atoms. The van der Waals surface area contributed by atoms with Crippen LogP contribution < -0.4 is 16.8 Å². The van der Waals surface area contributed by atoms with Gasteiger partial charge in [-0.2, -0.15) is 15.1 Å². The number of anilines is 1. The summed E-state index contributed by atoms with van der Waals surface area (Å²) in [6.45, 7) is 0. The van der Waals surface area contributed by atoms with Gasteiger partial charge in [0.1, 0.15) is 12.2 Å². The van der Waals surface area contributed by atoms with E-state index in [-0.39, 0.29) is 17.1 Å². The molecular weight excluding hydrogens is 353 g/mol. The zero-order valence-electron chi connectivity index (χ0n) is 11.5. The molecule has 16 heteroatoms. The standard InChI is InChI=1S/C8H12N7O8P/c9-8-10-4-1(5(17)11-8)12-14-15(4)7-2(16)3(6(13-18)22-7)23-24(19,20)21/h2-3,6-7,13,16,18H,(H2,19,20,21)(H3,9,10,11,17)/t2-,3+,6+,7-/m1/s1. The number of aliphatic hydroxyl groups is 1. The van der Waals surface area contributed by atoms with E-state index in [4.69, 9.17) is 25.5 Å². The summed E-state index contributed by atoms with van der Waals surface area (Å²) in [6, 6.07) is 0. The Morgan fingerprint density at radius 2 is 2.17 bits per heavy atom. The van der Waals surface area contributed by atoms with Gasteiger partial charge in [0, 0.05) is 0 Å². The number of nitrogen functional groups attached to an aromatic ring is 1. The minimum absolute atomic E-state index is 0.145. The van der Waals surface area contributed by atoms with Crippen molar-refractivity contribution in [2.24, 2.45) is 0 Å². The molecule has 0 spiro atoms. The summed E-state index contributed by atoms with van der Waals surface area (Å²) in [7, 11) is -5.00. The largest absolute Gasteiger partial charge is 0.470 e. The first kappa shape index (κ1) is 16.9. The van der Waals surface area contributed by atoms with Crippen LogP contribution in [0.2, 0.25) is 0 Å². The van der Waals surface area contributed by atoms with E-state index in [1.165, 1.54) is 0 Å². The van der Waals surface area contributed by atoms with E-state index in [2.05, 4.69) is 24.8 Å². The van der Waals surface area contributed by atoms with Crippen LogP contribution in [0.25, 0.3) is 11.2 Å². The molecule has 0 radical (unpaired) electrons. The third kappa shape index (κ3) is 2.90. The molecule has 3 heterocycles. The normalized spacial score (nSPS) is 27.8. The Balaban J connectivity index is 2.01. The molecule has 15 nitrogen and oxygen atoms in total. The highest BCUT2D eigenvalue weighted by molar-refractivity contribution is 7.46. The number of aromatic amines is 1. The second-order valence-electron chi connectivity index (χ2n) is 4.78. The number of hydroxylamine groups is 1. The van der Waals surface area contributed by atoms with Crippen LogP contribution in [0.15, 0.2) is 4.79 Å². The van der Waals surface area contributed by atoms with Crippen molar-refractivity contribution >= 4 is 24.9 Å². The van der Waals surface area contributed by atoms with E-state index in [9.17, 15) is 14.5 Å². The lowest BCUT2D eigenvalue weighted by Crippen LogP contribution is -2.40. The number of aromatic nitrogens is 5. The minimum Gasteiger partial charge on any atom is -0.385 e. The third-order valence-corrected chi connectivity index (χ3v) is 3.71. The molecule has 2 aromatic rings. The van der Waals surface area contributed by atoms with Crippen LogP contribution in [-0.2, 0) is 13.8 Å². The van der Waals surface area contributed by atoms with Crippen molar-refractivity contribution in [1.29, 1.82) is 0 Å².